The molecule has 0 aliphatic heterocycles. The first-order chi connectivity index (χ1) is 19.1. The molecule has 1 aliphatic rings. The van der Waals surface area contributed by atoms with E-state index in [1.807, 2.05) is 80.6 Å². The summed E-state index contributed by atoms with van der Waals surface area (Å²) in [5.74, 6) is -0.645. The fourth-order valence-corrected chi connectivity index (χ4v) is 6.24. The van der Waals surface area contributed by atoms with Gasteiger partial charge in [-0.25, -0.2) is 8.42 Å². The van der Waals surface area contributed by atoms with Gasteiger partial charge in [0.2, 0.25) is 21.8 Å². The summed E-state index contributed by atoms with van der Waals surface area (Å²) in [5.41, 5.74) is 4.02. The zero-order chi connectivity index (χ0) is 28.7. The van der Waals surface area contributed by atoms with E-state index in [1.54, 1.807) is 17.0 Å². The minimum atomic E-state index is -3.79. The van der Waals surface area contributed by atoms with Gasteiger partial charge in [0.1, 0.15) is 12.6 Å². The van der Waals surface area contributed by atoms with Crippen LogP contribution in [0, 0.1) is 13.8 Å². The summed E-state index contributed by atoms with van der Waals surface area (Å²) in [5, 5.41) is 3.19. The number of hydrogen-bond acceptors (Lipinski definition) is 4. The van der Waals surface area contributed by atoms with Crippen LogP contribution in [-0.2, 0) is 32.6 Å². The van der Waals surface area contributed by atoms with Crippen molar-refractivity contribution in [1.82, 2.24) is 10.2 Å². The first kappa shape index (κ1) is 29.3. The largest absolute Gasteiger partial charge is 0.352 e. The third-order valence-corrected chi connectivity index (χ3v) is 8.48. The highest BCUT2D eigenvalue weighted by molar-refractivity contribution is 7.92. The molecule has 0 radical (unpaired) electrons. The van der Waals surface area contributed by atoms with Gasteiger partial charge in [-0.3, -0.25) is 13.9 Å². The molecule has 1 fully saturated rings. The summed E-state index contributed by atoms with van der Waals surface area (Å²) < 4.78 is 27.1. The molecule has 1 N–H and O–H groups in total. The van der Waals surface area contributed by atoms with Gasteiger partial charge in [-0.05, 0) is 61.1 Å². The average molecular weight is 562 g/mol. The zero-order valence-corrected chi connectivity index (χ0v) is 24.4. The summed E-state index contributed by atoms with van der Waals surface area (Å²) in [6.07, 6.45) is 5.41. The molecule has 7 nitrogen and oxygen atoms in total. The van der Waals surface area contributed by atoms with Gasteiger partial charge in [-0.2, -0.15) is 0 Å². The highest BCUT2D eigenvalue weighted by atomic mass is 32.2. The van der Waals surface area contributed by atoms with Crippen molar-refractivity contribution in [3.8, 4) is 0 Å². The number of carbonyl (C=O) groups excluding carboxylic acids is 2. The highest BCUT2D eigenvalue weighted by Crippen LogP contribution is 2.24. The van der Waals surface area contributed by atoms with Gasteiger partial charge in [0.15, 0.2) is 0 Å². The van der Waals surface area contributed by atoms with Gasteiger partial charge in [0.25, 0.3) is 0 Å². The second-order valence-corrected chi connectivity index (χ2v) is 12.7. The summed E-state index contributed by atoms with van der Waals surface area (Å²) >= 11 is 0. The summed E-state index contributed by atoms with van der Waals surface area (Å²) in [4.78, 5) is 29.6. The quantitative estimate of drug-likeness (QED) is 0.366. The van der Waals surface area contributed by atoms with Crippen molar-refractivity contribution in [2.75, 3.05) is 17.1 Å². The Balaban J connectivity index is 1.72. The molecule has 40 heavy (non-hydrogen) atoms. The molecule has 3 aromatic carbocycles. The standard InChI is InChI=1S/C32H39N3O4S/c1-24-18-25(2)20-29(19-24)35(40(3,38)39)23-31(36)34(22-27-14-8-5-9-15-27)30(21-26-12-6-4-7-13-26)32(37)33-28-16-10-11-17-28/h4-9,12-15,18-20,28,30H,10-11,16-17,21-23H2,1-3H3,(H,33,37)/t30-/m0/s1. The summed E-state index contributed by atoms with van der Waals surface area (Å²) in [6.45, 7) is 3.56. The lowest BCUT2D eigenvalue weighted by Crippen LogP contribution is -2.54. The Morgan fingerprint density at radius 3 is 1.98 bits per heavy atom. The smallest absolute Gasteiger partial charge is 0.244 e. The maximum absolute atomic E-state index is 14.2. The van der Waals surface area contributed by atoms with Crippen molar-refractivity contribution in [3.05, 3.63) is 101 Å². The molecule has 0 unspecified atom stereocenters. The Kier molecular flexibility index (Phi) is 9.63. The third-order valence-electron chi connectivity index (χ3n) is 7.34. The Bertz CT molecular complexity index is 1380. The SMILES string of the molecule is Cc1cc(C)cc(N(CC(=O)N(Cc2ccccc2)[C@@H](Cc2ccccc2)C(=O)NC2CCCC2)S(C)(=O)=O)c1. The lowest BCUT2D eigenvalue weighted by atomic mass is 10.0. The number of nitrogens with one attached hydrogen (secondary N) is 1. The molecular formula is C32H39N3O4S. The topological polar surface area (TPSA) is 86.8 Å². The lowest BCUT2D eigenvalue weighted by molar-refractivity contribution is -0.140. The molecule has 0 heterocycles. The minimum Gasteiger partial charge on any atom is -0.352 e. The van der Waals surface area contributed by atoms with Crippen molar-refractivity contribution >= 4 is 27.5 Å². The molecule has 1 aliphatic carbocycles. The molecule has 0 spiro atoms. The van der Waals surface area contributed by atoms with Crippen molar-refractivity contribution in [3.63, 3.8) is 0 Å². The van der Waals surface area contributed by atoms with Crippen LogP contribution in [0.25, 0.3) is 0 Å². The van der Waals surface area contributed by atoms with Crippen molar-refractivity contribution in [2.24, 2.45) is 0 Å². The van der Waals surface area contributed by atoms with Crippen molar-refractivity contribution in [2.45, 2.75) is 64.6 Å². The van der Waals surface area contributed by atoms with Gasteiger partial charge >= 0.3 is 0 Å². The number of hydrogen-bond donors (Lipinski definition) is 1. The van der Waals surface area contributed by atoms with Crippen LogP contribution in [0.3, 0.4) is 0 Å². The van der Waals surface area contributed by atoms with E-state index in [4.69, 9.17) is 0 Å². The van der Waals surface area contributed by atoms with Gasteiger partial charge in [0, 0.05) is 19.0 Å². The van der Waals surface area contributed by atoms with Gasteiger partial charge < -0.3 is 10.2 Å². The van der Waals surface area contributed by atoms with Crippen LogP contribution in [0.5, 0.6) is 0 Å². The van der Waals surface area contributed by atoms with Crippen LogP contribution in [-0.4, -0.2) is 50.0 Å². The van der Waals surface area contributed by atoms with Gasteiger partial charge in [0.05, 0.1) is 11.9 Å². The predicted octanol–water partition coefficient (Wildman–Crippen LogP) is 4.77. The molecule has 212 valence electrons. The van der Waals surface area contributed by atoms with Crippen LogP contribution in [0.1, 0.15) is 47.9 Å². The highest BCUT2D eigenvalue weighted by Gasteiger charge is 2.34. The summed E-state index contributed by atoms with van der Waals surface area (Å²) in [6, 6.07) is 23.9. The maximum atomic E-state index is 14.2. The number of amides is 2. The van der Waals surface area contributed by atoms with Crippen LogP contribution < -0.4 is 9.62 Å². The van der Waals surface area contributed by atoms with Crippen LogP contribution in [0.4, 0.5) is 5.69 Å². The van der Waals surface area contributed by atoms with E-state index in [9.17, 15) is 18.0 Å². The number of carbonyl (C=O) groups is 2. The molecule has 0 saturated heterocycles. The van der Waals surface area contributed by atoms with Crippen LogP contribution >= 0.6 is 0 Å². The predicted molar refractivity (Wildman–Crippen MR) is 159 cm³/mol. The molecule has 8 heteroatoms. The zero-order valence-electron chi connectivity index (χ0n) is 23.5. The first-order valence-corrected chi connectivity index (χ1v) is 15.7. The molecular weight excluding hydrogens is 522 g/mol. The molecule has 1 saturated carbocycles. The fourth-order valence-electron chi connectivity index (χ4n) is 5.41. The average Bonchev–Trinajstić information content (AvgIpc) is 3.42. The van der Waals surface area contributed by atoms with Crippen molar-refractivity contribution in [1.29, 1.82) is 0 Å². The van der Waals surface area contributed by atoms with E-state index in [-0.39, 0.29) is 18.5 Å². The monoisotopic (exact) mass is 561 g/mol. The number of sulfonamides is 1. The third kappa shape index (κ3) is 7.94. The number of aryl methyl sites for hydroxylation is 2. The van der Waals surface area contributed by atoms with E-state index >= 15 is 0 Å². The number of anilines is 1. The van der Waals surface area contributed by atoms with Crippen molar-refractivity contribution < 1.29 is 18.0 Å². The van der Waals surface area contributed by atoms with Gasteiger partial charge in [-0.1, -0.05) is 79.6 Å². The Morgan fingerprint density at radius 2 is 1.43 bits per heavy atom. The van der Waals surface area contributed by atoms with E-state index in [0.717, 1.165) is 58.5 Å². The first-order valence-electron chi connectivity index (χ1n) is 13.8. The Labute approximate surface area is 238 Å². The molecule has 0 bridgehead atoms. The van der Waals surface area contributed by atoms with E-state index in [0.29, 0.717) is 12.1 Å². The maximum Gasteiger partial charge on any atom is 0.244 e. The number of rotatable bonds is 11. The number of benzene rings is 3. The second kappa shape index (κ2) is 13.1. The molecule has 1 atom stereocenters. The lowest BCUT2D eigenvalue weighted by Gasteiger charge is -2.34. The molecule has 4 rings (SSSR count). The van der Waals surface area contributed by atoms with E-state index < -0.39 is 28.5 Å². The minimum absolute atomic E-state index is 0.0854. The van der Waals surface area contributed by atoms with E-state index in [2.05, 4.69) is 5.32 Å². The van der Waals surface area contributed by atoms with Crippen LogP contribution in [0.2, 0.25) is 0 Å². The molecule has 0 aromatic heterocycles. The van der Waals surface area contributed by atoms with Crippen LogP contribution in [0.15, 0.2) is 78.9 Å². The fraction of sp³-hybridized carbons (Fsp3) is 0.375. The number of nitrogens with zero attached hydrogens (tertiary/aromatic N) is 2. The molecule has 2 amide bonds. The van der Waals surface area contributed by atoms with E-state index in [1.165, 1.54) is 0 Å². The second-order valence-electron chi connectivity index (χ2n) is 10.8. The molecule has 3 aromatic rings. The van der Waals surface area contributed by atoms with Gasteiger partial charge in [-0.15, -0.1) is 0 Å². The Hall–Kier alpha value is -3.65. The summed E-state index contributed by atoms with van der Waals surface area (Å²) in [7, 11) is -3.79. The normalized spacial score (nSPS) is 14.5. The Morgan fingerprint density at radius 1 is 0.875 bits per heavy atom.